The number of amides is 1. The summed E-state index contributed by atoms with van der Waals surface area (Å²) in [5.41, 5.74) is 0.600. The minimum absolute atomic E-state index is 0.0385. The Morgan fingerprint density at radius 2 is 1.96 bits per heavy atom. The lowest BCUT2D eigenvalue weighted by atomic mass is 10.0. The molecule has 0 radical (unpaired) electrons. The van der Waals surface area contributed by atoms with E-state index in [1.165, 1.54) is 12.8 Å². The van der Waals surface area contributed by atoms with Crippen LogP contribution in [0.15, 0.2) is 24.8 Å². The molecule has 142 valence electrons. The van der Waals surface area contributed by atoms with Crippen molar-refractivity contribution >= 4 is 11.7 Å². The van der Waals surface area contributed by atoms with Gasteiger partial charge in [-0.15, -0.1) is 0 Å². The van der Waals surface area contributed by atoms with E-state index < -0.39 is 0 Å². The molecule has 0 unspecified atom stereocenters. The minimum atomic E-state index is 0.0385. The molecule has 1 amide bonds. The van der Waals surface area contributed by atoms with Gasteiger partial charge in [0.2, 0.25) is 5.88 Å². The number of hydrogen-bond donors (Lipinski definition) is 0. The smallest absolute Gasteiger partial charge is 0.260 e. The maximum atomic E-state index is 13.0. The van der Waals surface area contributed by atoms with E-state index in [1.807, 2.05) is 11.0 Å². The summed E-state index contributed by atoms with van der Waals surface area (Å²) in [7, 11) is 0. The van der Waals surface area contributed by atoms with Crippen LogP contribution in [0.1, 0.15) is 42.5 Å². The summed E-state index contributed by atoms with van der Waals surface area (Å²) in [4.78, 5) is 25.9. The van der Waals surface area contributed by atoms with Gasteiger partial charge < -0.3 is 14.5 Å². The second-order valence-corrected chi connectivity index (χ2v) is 7.52. The van der Waals surface area contributed by atoms with Gasteiger partial charge in [0.15, 0.2) is 0 Å². The number of anilines is 1. The molecule has 0 aromatic carbocycles. The molecule has 3 aliphatic rings. The van der Waals surface area contributed by atoms with Gasteiger partial charge in [-0.2, -0.15) is 5.10 Å². The number of ether oxygens (including phenoxy) is 1. The van der Waals surface area contributed by atoms with Crippen LogP contribution in [0.2, 0.25) is 0 Å². The molecule has 8 nitrogen and oxygen atoms in total. The molecule has 0 spiro atoms. The Balaban J connectivity index is 1.27. The average molecular weight is 368 g/mol. The quantitative estimate of drug-likeness (QED) is 0.818. The Morgan fingerprint density at radius 1 is 1.15 bits per heavy atom. The van der Waals surface area contributed by atoms with E-state index in [9.17, 15) is 4.79 Å². The monoisotopic (exact) mass is 368 g/mol. The summed E-state index contributed by atoms with van der Waals surface area (Å²) in [5, 5.41) is 4.31. The topological polar surface area (TPSA) is 76.4 Å². The van der Waals surface area contributed by atoms with E-state index in [4.69, 9.17) is 4.74 Å². The fraction of sp³-hybridized carbons (Fsp3) is 0.579. The number of aryl methyl sites for hydroxylation is 1. The highest BCUT2D eigenvalue weighted by atomic mass is 16.5. The molecule has 1 saturated heterocycles. The number of rotatable bonds is 4. The van der Waals surface area contributed by atoms with E-state index in [1.54, 1.807) is 23.4 Å². The molecule has 0 bridgehead atoms. The van der Waals surface area contributed by atoms with Gasteiger partial charge in [0, 0.05) is 44.3 Å². The third kappa shape index (κ3) is 3.13. The number of fused-ring (bicyclic) bond motifs is 1. The van der Waals surface area contributed by atoms with Crippen molar-refractivity contribution in [2.75, 3.05) is 24.6 Å². The van der Waals surface area contributed by atoms with E-state index in [2.05, 4.69) is 20.0 Å². The first-order chi connectivity index (χ1) is 13.3. The van der Waals surface area contributed by atoms with Crippen LogP contribution in [-0.2, 0) is 6.54 Å². The molecule has 27 heavy (non-hydrogen) atoms. The highest BCUT2D eigenvalue weighted by molar-refractivity contribution is 5.96. The molecular formula is C19H24N6O2. The Labute approximate surface area is 158 Å². The van der Waals surface area contributed by atoms with Gasteiger partial charge in [0.05, 0.1) is 12.8 Å². The number of aromatic nitrogens is 4. The standard InChI is InChI=1S/C19H24N6O2/c26-18(16-12-22-24-8-1-11-27-19(16)24)23-9-5-15(6-10-23)25(14-2-3-14)17-4-7-20-13-21-17/h4,7,12-15H,1-3,5-6,8-11H2. The molecule has 2 fully saturated rings. The molecule has 5 rings (SSSR count). The van der Waals surface area contributed by atoms with E-state index in [0.29, 0.717) is 30.1 Å². The number of nitrogens with zero attached hydrogens (tertiary/aromatic N) is 6. The molecule has 2 aromatic rings. The van der Waals surface area contributed by atoms with Crippen LogP contribution >= 0.6 is 0 Å². The van der Waals surface area contributed by atoms with Crippen molar-refractivity contribution in [3.8, 4) is 5.88 Å². The fourth-order valence-electron chi connectivity index (χ4n) is 4.19. The molecule has 2 aromatic heterocycles. The molecule has 1 saturated carbocycles. The normalized spacial score (nSPS) is 20.1. The summed E-state index contributed by atoms with van der Waals surface area (Å²) in [5.74, 6) is 1.68. The Morgan fingerprint density at radius 3 is 2.70 bits per heavy atom. The number of likely N-dealkylation sites (tertiary alicyclic amines) is 1. The number of piperidine rings is 1. The zero-order valence-corrected chi connectivity index (χ0v) is 15.3. The van der Waals surface area contributed by atoms with Crippen LogP contribution in [0.4, 0.5) is 5.82 Å². The molecule has 8 heteroatoms. The van der Waals surface area contributed by atoms with E-state index in [0.717, 1.165) is 44.7 Å². The van der Waals surface area contributed by atoms with Crippen LogP contribution in [0.25, 0.3) is 0 Å². The second-order valence-electron chi connectivity index (χ2n) is 7.52. The van der Waals surface area contributed by atoms with Crippen LogP contribution < -0.4 is 9.64 Å². The van der Waals surface area contributed by atoms with E-state index in [-0.39, 0.29) is 5.91 Å². The molecule has 0 N–H and O–H groups in total. The summed E-state index contributed by atoms with van der Waals surface area (Å²) < 4.78 is 7.49. The predicted molar refractivity (Wildman–Crippen MR) is 98.8 cm³/mol. The van der Waals surface area contributed by atoms with Crippen LogP contribution in [0.3, 0.4) is 0 Å². The lowest BCUT2D eigenvalue weighted by Gasteiger charge is -2.39. The van der Waals surface area contributed by atoms with Gasteiger partial charge in [-0.1, -0.05) is 0 Å². The van der Waals surface area contributed by atoms with Crippen LogP contribution in [0, 0.1) is 0 Å². The number of carbonyl (C=O) groups is 1. The highest BCUT2D eigenvalue weighted by Crippen LogP contribution is 2.35. The lowest BCUT2D eigenvalue weighted by molar-refractivity contribution is 0.0705. The van der Waals surface area contributed by atoms with E-state index >= 15 is 0 Å². The maximum absolute atomic E-state index is 13.0. The third-order valence-corrected chi connectivity index (χ3v) is 5.69. The first kappa shape index (κ1) is 16.5. The average Bonchev–Trinajstić information content (AvgIpc) is 3.46. The van der Waals surface area contributed by atoms with Gasteiger partial charge in [-0.25, -0.2) is 14.6 Å². The Kier molecular flexibility index (Phi) is 4.18. The third-order valence-electron chi connectivity index (χ3n) is 5.69. The Bertz CT molecular complexity index is 811. The zero-order chi connectivity index (χ0) is 18.2. The van der Waals surface area contributed by atoms with Crippen LogP contribution in [0.5, 0.6) is 5.88 Å². The lowest BCUT2D eigenvalue weighted by Crippen LogP contribution is -2.48. The van der Waals surface area contributed by atoms with Crippen molar-refractivity contribution in [2.24, 2.45) is 0 Å². The van der Waals surface area contributed by atoms with Gasteiger partial charge >= 0.3 is 0 Å². The SMILES string of the molecule is O=C(c1cnn2c1OCCC2)N1CCC(N(c2ccncn2)C2CC2)CC1. The molecular weight excluding hydrogens is 344 g/mol. The largest absolute Gasteiger partial charge is 0.477 e. The molecule has 0 atom stereocenters. The first-order valence-electron chi connectivity index (χ1n) is 9.83. The molecule has 1 aliphatic carbocycles. The van der Waals surface area contributed by atoms with Gasteiger partial charge in [-0.3, -0.25) is 4.79 Å². The molecule has 4 heterocycles. The van der Waals surface area contributed by atoms with Gasteiger partial charge in [0.1, 0.15) is 17.7 Å². The summed E-state index contributed by atoms with van der Waals surface area (Å²) >= 11 is 0. The predicted octanol–water partition coefficient (Wildman–Crippen LogP) is 1.73. The highest BCUT2D eigenvalue weighted by Gasteiger charge is 2.37. The first-order valence-corrected chi connectivity index (χ1v) is 9.83. The maximum Gasteiger partial charge on any atom is 0.260 e. The number of hydrogen-bond acceptors (Lipinski definition) is 6. The van der Waals surface area contributed by atoms with Crippen molar-refractivity contribution in [1.29, 1.82) is 0 Å². The van der Waals surface area contributed by atoms with Gasteiger partial charge in [-0.05, 0) is 31.7 Å². The van der Waals surface area contributed by atoms with Crippen molar-refractivity contribution in [2.45, 2.75) is 50.7 Å². The van der Waals surface area contributed by atoms with Crippen molar-refractivity contribution in [1.82, 2.24) is 24.6 Å². The van der Waals surface area contributed by atoms with Gasteiger partial charge in [0.25, 0.3) is 5.91 Å². The summed E-state index contributed by atoms with van der Waals surface area (Å²) in [6.07, 6.45) is 10.4. The Hall–Kier alpha value is -2.64. The van der Waals surface area contributed by atoms with Crippen molar-refractivity contribution in [3.05, 3.63) is 30.4 Å². The second kappa shape index (κ2) is 6.83. The zero-order valence-electron chi connectivity index (χ0n) is 15.3. The van der Waals surface area contributed by atoms with Crippen molar-refractivity contribution < 1.29 is 9.53 Å². The minimum Gasteiger partial charge on any atom is -0.477 e. The molecule has 2 aliphatic heterocycles. The van der Waals surface area contributed by atoms with Crippen molar-refractivity contribution in [3.63, 3.8) is 0 Å². The number of carbonyl (C=O) groups excluding carboxylic acids is 1. The fourth-order valence-corrected chi connectivity index (χ4v) is 4.19. The summed E-state index contributed by atoms with van der Waals surface area (Å²) in [6.45, 7) is 2.98. The summed E-state index contributed by atoms with van der Waals surface area (Å²) in [6, 6.07) is 3.00. The van der Waals surface area contributed by atoms with Crippen LogP contribution in [-0.4, -0.2) is 62.3 Å².